The van der Waals surface area contributed by atoms with Gasteiger partial charge in [-0.2, -0.15) is 0 Å². The standard InChI is InChI=1S/C9H8BrO2/c1-7(6-11)12-9-4-2-8(10)3-5-9/h2-5,7H,1H3. The molecule has 3 heteroatoms. The van der Waals surface area contributed by atoms with Gasteiger partial charge in [0.2, 0.25) is 6.29 Å². The zero-order valence-electron chi connectivity index (χ0n) is 6.58. The van der Waals surface area contributed by atoms with E-state index in [1.165, 1.54) is 0 Å². The van der Waals surface area contributed by atoms with Gasteiger partial charge in [-0.1, -0.05) is 15.9 Å². The normalized spacial score (nSPS) is 12.2. The minimum atomic E-state index is -0.508. The van der Waals surface area contributed by atoms with E-state index >= 15 is 0 Å². The van der Waals surface area contributed by atoms with Crippen LogP contribution in [0.4, 0.5) is 0 Å². The van der Waals surface area contributed by atoms with Gasteiger partial charge < -0.3 is 4.74 Å². The highest BCUT2D eigenvalue weighted by atomic mass is 79.9. The molecule has 0 aliphatic rings. The van der Waals surface area contributed by atoms with Gasteiger partial charge >= 0.3 is 0 Å². The highest BCUT2D eigenvalue weighted by Gasteiger charge is 2.01. The molecule has 63 valence electrons. The van der Waals surface area contributed by atoms with E-state index in [9.17, 15) is 4.79 Å². The monoisotopic (exact) mass is 227 g/mol. The average molecular weight is 228 g/mol. The van der Waals surface area contributed by atoms with Crippen LogP contribution in [0.5, 0.6) is 5.75 Å². The van der Waals surface area contributed by atoms with E-state index in [4.69, 9.17) is 4.74 Å². The lowest BCUT2D eigenvalue weighted by molar-refractivity contribution is 0.278. The van der Waals surface area contributed by atoms with E-state index < -0.39 is 6.10 Å². The summed E-state index contributed by atoms with van der Waals surface area (Å²) in [6, 6.07) is 7.29. The predicted octanol–water partition coefficient (Wildman–Crippen LogP) is 2.33. The fraction of sp³-hybridized carbons (Fsp3) is 0.222. The van der Waals surface area contributed by atoms with Crippen LogP contribution in [-0.2, 0) is 4.79 Å². The Morgan fingerprint density at radius 1 is 1.42 bits per heavy atom. The Morgan fingerprint density at radius 2 is 2.00 bits per heavy atom. The summed E-state index contributed by atoms with van der Waals surface area (Å²) >= 11 is 3.30. The van der Waals surface area contributed by atoms with Gasteiger partial charge in [0.25, 0.3) is 0 Å². The number of ether oxygens (including phenoxy) is 1. The van der Waals surface area contributed by atoms with Crippen LogP contribution < -0.4 is 4.74 Å². The molecule has 0 aromatic heterocycles. The van der Waals surface area contributed by atoms with Crippen molar-refractivity contribution in [3.8, 4) is 5.75 Å². The quantitative estimate of drug-likeness (QED) is 0.793. The van der Waals surface area contributed by atoms with Crippen molar-refractivity contribution < 1.29 is 9.53 Å². The minimum Gasteiger partial charge on any atom is -0.482 e. The molecule has 0 bridgehead atoms. The Balaban J connectivity index is 2.64. The largest absolute Gasteiger partial charge is 0.482 e. The van der Waals surface area contributed by atoms with Crippen LogP contribution in [0.15, 0.2) is 28.7 Å². The second-order valence-corrected chi connectivity index (χ2v) is 3.25. The molecule has 0 saturated heterocycles. The summed E-state index contributed by atoms with van der Waals surface area (Å²) in [5, 5.41) is 0. The summed E-state index contributed by atoms with van der Waals surface area (Å²) in [4.78, 5) is 10.1. The zero-order chi connectivity index (χ0) is 8.97. The summed E-state index contributed by atoms with van der Waals surface area (Å²) in [5.74, 6) is 0.675. The van der Waals surface area contributed by atoms with E-state index in [1.54, 1.807) is 25.3 Å². The van der Waals surface area contributed by atoms with Crippen LogP contribution in [0.3, 0.4) is 0 Å². The molecule has 0 aliphatic heterocycles. The Labute approximate surface area is 79.7 Å². The molecule has 2 nitrogen and oxygen atoms in total. The maximum Gasteiger partial charge on any atom is 0.242 e. The Kier molecular flexibility index (Phi) is 3.29. The number of benzene rings is 1. The highest BCUT2D eigenvalue weighted by Crippen LogP contribution is 2.16. The summed E-state index contributed by atoms with van der Waals surface area (Å²) in [6.07, 6.45) is 1.24. The number of halogens is 1. The third-order valence-electron chi connectivity index (χ3n) is 1.29. The van der Waals surface area contributed by atoms with Gasteiger partial charge in [-0.15, -0.1) is 0 Å². The molecule has 1 aromatic carbocycles. The van der Waals surface area contributed by atoms with Crippen molar-refractivity contribution in [2.24, 2.45) is 0 Å². The number of carbonyl (C=O) groups excluding carboxylic acids is 1. The lowest BCUT2D eigenvalue weighted by Crippen LogP contribution is -2.12. The minimum absolute atomic E-state index is 0.508. The van der Waals surface area contributed by atoms with Crippen molar-refractivity contribution in [3.05, 3.63) is 28.7 Å². The second kappa shape index (κ2) is 4.26. The fourth-order valence-electron chi connectivity index (χ4n) is 0.741. The summed E-state index contributed by atoms with van der Waals surface area (Å²) in [5.41, 5.74) is 0. The summed E-state index contributed by atoms with van der Waals surface area (Å²) in [7, 11) is 0. The van der Waals surface area contributed by atoms with Gasteiger partial charge in [0.1, 0.15) is 5.75 Å². The first-order valence-electron chi connectivity index (χ1n) is 3.52. The SMILES string of the molecule is CC([C]=O)Oc1ccc(Br)cc1. The lowest BCUT2D eigenvalue weighted by Gasteiger charge is -2.06. The molecule has 1 atom stereocenters. The Morgan fingerprint density at radius 3 is 2.50 bits per heavy atom. The first kappa shape index (κ1) is 9.26. The van der Waals surface area contributed by atoms with Crippen LogP contribution in [0.2, 0.25) is 0 Å². The van der Waals surface area contributed by atoms with Crippen LogP contribution in [0, 0.1) is 0 Å². The van der Waals surface area contributed by atoms with E-state index in [-0.39, 0.29) is 0 Å². The summed E-state index contributed by atoms with van der Waals surface area (Å²) in [6.45, 7) is 1.65. The topological polar surface area (TPSA) is 26.3 Å². The summed E-state index contributed by atoms with van der Waals surface area (Å²) < 4.78 is 6.16. The molecule has 0 aliphatic carbocycles. The Hall–Kier alpha value is -0.830. The number of hydrogen-bond donors (Lipinski definition) is 0. The van der Waals surface area contributed by atoms with E-state index in [1.807, 2.05) is 12.1 Å². The van der Waals surface area contributed by atoms with Crippen molar-refractivity contribution in [1.82, 2.24) is 0 Å². The lowest BCUT2D eigenvalue weighted by atomic mass is 10.3. The maximum absolute atomic E-state index is 10.1. The molecule has 0 saturated carbocycles. The van der Waals surface area contributed by atoms with Gasteiger partial charge in [0.05, 0.1) is 0 Å². The third kappa shape index (κ3) is 2.66. The molecular formula is C9H8BrO2. The first-order chi connectivity index (χ1) is 5.72. The molecule has 12 heavy (non-hydrogen) atoms. The predicted molar refractivity (Wildman–Crippen MR) is 49.9 cm³/mol. The molecule has 1 rings (SSSR count). The molecule has 0 heterocycles. The molecule has 0 N–H and O–H groups in total. The zero-order valence-corrected chi connectivity index (χ0v) is 8.17. The van der Waals surface area contributed by atoms with Gasteiger partial charge in [0, 0.05) is 4.47 Å². The molecule has 1 unspecified atom stereocenters. The van der Waals surface area contributed by atoms with Crippen molar-refractivity contribution in [2.75, 3.05) is 0 Å². The molecule has 0 fully saturated rings. The average Bonchev–Trinajstić information content (AvgIpc) is 2.09. The first-order valence-corrected chi connectivity index (χ1v) is 4.31. The molecule has 1 aromatic rings. The molecular weight excluding hydrogens is 220 g/mol. The van der Waals surface area contributed by atoms with E-state index in [0.29, 0.717) is 5.75 Å². The third-order valence-corrected chi connectivity index (χ3v) is 1.82. The fourth-order valence-corrected chi connectivity index (χ4v) is 1.01. The van der Waals surface area contributed by atoms with Crippen LogP contribution >= 0.6 is 15.9 Å². The smallest absolute Gasteiger partial charge is 0.242 e. The van der Waals surface area contributed by atoms with Crippen molar-refractivity contribution >= 4 is 22.2 Å². The van der Waals surface area contributed by atoms with Gasteiger partial charge in [0.15, 0.2) is 6.10 Å². The molecule has 1 radical (unpaired) electrons. The molecule has 0 amide bonds. The van der Waals surface area contributed by atoms with Crippen molar-refractivity contribution in [2.45, 2.75) is 13.0 Å². The Bertz CT molecular complexity index is 256. The van der Waals surface area contributed by atoms with E-state index in [2.05, 4.69) is 15.9 Å². The van der Waals surface area contributed by atoms with E-state index in [0.717, 1.165) is 4.47 Å². The molecule has 0 spiro atoms. The number of hydrogen-bond acceptors (Lipinski definition) is 2. The van der Waals surface area contributed by atoms with Crippen LogP contribution in [0.25, 0.3) is 0 Å². The van der Waals surface area contributed by atoms with Crippen molar-refractivity contribution in [1.29, 1.82) is 0 Å². The number of rotatable bonds is 3. The van der Waals surface area contributed by atoms with Gasteiger partial charge in [-0.25, -0.2) is 0 Å². The van der Waals surface area contributed by atoms with Gasteiger partial charge in [-0.3, -0.25) is 4.79 Å². The van der Waals surface area contributed by atoms with Crippen LogP contribution in [-0.4, -0.2) is 12.4 Å². The van der Waals surface area contributed by atoms with Gasteiger partial charge in [-0.05, 0) is 31.2 Å². The maximum atomic E-state index is 10.1. The highest BCUT2D eigenvalue weighted by molar-refractivity contribution is 9.10. The van der Waals surface area contributed by atoms with Crippen LogP contribution in [0.1, 0.15) is 6.92 Å². The second-order valence-electron chi connectivity index (χ2n) is 2.33. The van der Waals surface area contributed by atoms with Crippen molar-refractivity contribution in [3.63, 3.8) is 0 Å².